The van der Waals surface area contributed by atoms with Crippen LogP contribution >= 0.6 is 11.6 Å². The summed E-state index contributed by atoms with van der Waals surface area (Å²) < 4.78 is 37.0. The molecule has 8 nitrogen and oxygen atoms in total. The standard InChI is InChI=1S/C17H26ClN3O5S/c1-21-8-5-13(6-9-21)20-17(22)12-26-16-4-3-14(11-15(16)18)27(23,24)19-7-10-25-2/h3-4,11,13,19H,5-10,12H2,1-2H3,(H,20,22). The van der Waals surface area contributed by atoms with E-state index in [2.05, 4.69) is 22.0 Å². The molecule has 0 atom stereocenters. The predicted molar refractivity (Wildman–Crippen MR) is 103 cm³/mol. The highest BCUT2D eigenvalue weighted by atomic mass is 35.5. The van der Waals surface area contributed by atoms with Gasteiger partial charge in [0.15, 0.2) is 6.61 Å². The SMILES string of the molecule is COCCNS(=O)(=O)c1ccc(OCC(=O)NC2CCN(C)CC2)c(Cl)c1. The Balaban J connectivity index is 1.87. The largest absolute Gasteiger partial charge is 0.482 e. The number of amides is 1. The fraction of sp³-hybridized carbons (Fsp3) is 0.588. The van der Waals surface area contributed by atoms with Gasteiger partial charge in [-0.25, -0.2) is 13.1 Å². The molecule has 1 aromatic rings. The Morgan fingerprint density at radius 2 is 2.04 bits per heavy atom. The van der Waals surface area contributed by atoms with Gasteiger partial charge in [0.25, 0.3) is 5.91 Å². The number of hydrogen-bond acceptors (Lipinski definition) is 6. The van der Waals surface area contributed by atoms with Crippen molar-refractivity contribution >= 4 is 27.5 Å². The molecule has 1 aliphatic heterocycles. The number of hydrogen-bond donors (Lipinski definition) is 2. The fourth-order valence-electron chi connectivity index (χ4n) is 2.69. The third-order valence-electron chi connectivity index (χ3n) is 4.25. The van der Waals surface area contributed by atoms with Gasteiger partial charge in [-0.15, -0.1) is 0 Å². The molecule has 2 N–H and O–H groups in total. The summed E-state index contributed by atoms with van der Waals surface area (Å²) in [5.74, 6) is 0.0320. The van der Waals surface area contributed by atoms with Crippen molar-refractivity contribution in [2.75, 3.05) is 47.0 Å². The van der Waals surface area contributed by atoms with Gasteiger partial charge < -0.3 is 19.7 Å². The minimum Gasteiger partial charge on any atom is -0.482 e. The topological polar surface area (TPSA) is 97.0 Å². The lowest BCUT2D eigenvalue weighted by Crippen LogP contribution is -2.44. The van der Waals surface area contributed by atoms with E-state index in [9.17, 15) is 13.2 Å². The second-order valence-corrected chi connectivity index (χ2v) is 8.59. The molecule has 1 aliphatic rings. The van der Waals surface area contributed by atoms with Crippen LogP contribution in [0.5, 0.6) is 5.75 Å². The van der Waals surface area contributed by atoms with Gasteiger partial charge in [0.2, 0.25) is 10.0 Å². The van der Waals surface area contributed by atoms with E-state index in [4.69, 9.17) is 21.1 Å². The third kappa shape index (κ3) is 6.93. The number of nitrogens with zero attached hydrogens (tertiary/aromatic N) is 1. The molecule has 1 heterocycles. The van der Waals surface area contributed by atoms with Crippen LogP contribution in [0.1, 0.15) is 12.8 Å². The summed E-state index contributed by atoms with van der Waals surface area (Å²) in [5, 5.41) is 3.06. The van der Waals surface area contributed by atoms with Crippen LogP contribution in [-0.2, 0) is 19.6 Å². The van der Waals surface area contributed by atoms with Gasteiger partial charge in [0.05, 0.1) is 16.5 Å². The van der Waals surface area contributed by atoms with Gasteiger partial charge >= 0.3 is 0 Å². The van der Waals surface area contributed by atoms with Gasteiger partial charge in [-0.05, 0) is 51.2 Å². The van der Waals surface area contributed by atoms with Crippen molar-refractivity contribution in [2.24, 2.45) is 0 Å². The number of piperidine rings is 1. The highest BCUT2D eigenvalue weighted by Crippen LogP contribution is 2.27. The van der Waals surface area contributed by atoms with Crippen molar-refractivity contribution in [1.82, 2.24) is 14.9 Å². The third-order valence-corrected chi connectivity index (χ3v) is 6.01. The average Bonchev–Trinajstić information content (AvgIpc) is 2.62. The number of carbonyl (C=O) groups is 1. The smallest absolute Gasteiger partial charge is 0.258 e. The van der Waals surface area contributed by atoms with E-state index in [-0.39, 0.29) is 47.4 Å². The van der Waals surface area contributed by atoms with Crippen LogP contribution < -0.4 is 14.8 Å². The van der Waals surface area contributed by atoms with Crippen LogP contribution in [0.4, 0.5) is 0 Å². The molecule has 1 aromatic carbocycles. The Morgan fingerprint density at radius 3 is 2.67 bits per heavy atom. The first-order valence-corrected chi connectivity index (χ1v) is 10.6. The highest BCUT2D eigenvalue weighted by Gasteiger charge is 2.19. The molecule has 27 heavy (non-hydrogen) atoms. The maximum atomic E-state index is 12.1. The molecular weight excluding hydrogens is 394 g/mol. The van der Waals surface area contributed by atoms with E-state index in [0.29, 0.717) is 0 Å². The number of benzene rings is 1. The molecule has 1 saturated heterocycles. The lowest BCUT2D eigenvalue weighted by molar-refractivity contribution is -0.124. The van der Waals surface area contributed by atoms with Gasteiger partial charge in [-0.3, -0.25) is 4.79 Å². The summed E-state index contributed by atoms with van der Waals surface area (Å²) in [5.41, 5.74) is 0. The van der Waals surface area contributed by atoms with Crippen LogP contribution in [0.3, 0.4) is 0 Å². The maximum Gasteiger partial charge on any atom is 0.258 e. The molecular formula is C17H26ClN3O5S. The van der Waals surface area contributed by atoms with Gasteiger partial charge in [-0.2, -0.15) is 0 Å². The molecule has 0 aromatic heterocycles. The minimum absolute atomic E-state index is 0.0201. The molecule has 0 unspecified atom stereocenters. The van der Waals surface area contributed by atoms with Crippen molar-refractivity contribution in [3.63, 3.8) is 0 Å². The van der Waals surface area contributed by atoms with Crippen LogP contribution in [0.2, 0.25) is 5.02 Å². The van der Waals surface area contributed by atoms with Crippen LogP contribution in [0, 0.1) is 0 Å². The first-order valence-electron chi connectivity index (χ1n) is 8.70. The summed E-state index contributed by atoms with van der Waals surface area (Å²) in [7, 11) is -0.138. The molecule has 0 spiro atoms. The molecule has 0 aliphatic carbocycles. The summed E-state index contributed by atoms with van der Waals surface area (Å²) >= 11 is 6.11. The Hall–Kier alpha value is -1.39. The van der Waals surface area contributed by atoms with E-state index in [1.54, 1.807) is 0 Å². The Kier molecular flexibility index (Phi) is 8.30. The highest BCUT2D eigenvalue weighted by molar-refractivity contribution is 7.89. The number of rotatable bonds is 9. The van der Waals surface area contributed by atoms with Crippen LogP contribution in [0.15, 0.2) is 23.1 Å². The molecule has 0 saturated carbocycles. The molecule has 10 heteroatoms. The van der Waals surface area contributed by atoms with Gasteiger partial charge in [0, 0.05) is 19.7 Å². The van der Waals surface area contributed by atoms with Crippen molar-refractivity contribution < 1.29 is 22.7 Å². The monoisotopic (exact) mass is 419 g/mol. The zero-order chi connectivity index (χ0) is 19.9. The Labute approximate surface area is 165 Å². The van der Waals surface area contributed by atoms with E-state index in [0.717, 1.165) is 25.9 Å². The number of carbonyl (C=O) groups excluding carboxylic acids is 1. The number of methoxy groups -OCH3 is 1. The van der Waals surface area contributed by atoms with Crippen molar-refractivity contribution in [1.29, 1.82) is 0 Å². The first kappa shape index (κ1) is 21.9. The number of nitrogens with one attached hydrogen (secondary N) is 2. The molecule has 0 bridgehead atoms. The lowest BCUT2D eigenvalue weighted by atomic mass is 10.1. The molecule has 0 radical (unpaired) electrons. The maximum absolute atomic E-state index is 12.1. The van der Waals surface area contributed by atoms with E-state index in [1.165, 1.54) is 25.3 Å². The first-order chi connectivity index (χ1) is 12.8. The summed E-state index contributed by atoms with van der Waals surface area (Å²) in [6, 6.07) is 4.26. The normalized spacial score (nSPS) is 16.3. The Bertz CT molecular complexity index is 736. The zero-order valence-corrected chi connectivity index (χ0v) is 17.1. The predicted octanol–water partition coefficient (Wildman–Crippen LogP) is 0.854. The van der Waals surface area contributed by atoms with Crippen molar-refractivity contribution in [3.05, 3.63) is 23.2 Å². The van der Waals surface area contributed by atoms with Crippen molar-refractivity contribution in [2.45, 2.75) is 23.8 Å². The average molecular weight is 420 g/mol. The van der Waals surface area contributed by atoms with Crippen LogP contribution in [0.25, 0.3) is 0 Å². The minimum atomic E-state index is -3.68. The van der Waals surface area contributed by atoms with Crippen LogP contribution in [-0.4, -0.2) is 72.3 Å². The Morgan fingerprint density at radius 1 is 1.33 bits per heavy atom. The molecule has 1 amide bonds. The lowest BCUT2D eigenvalue weighted by Gasteiger charge is -2.29. The molecule has 152 valence electrons. The second kappa shape index (κ2) is 10.2. The number of sulfonamides is 1. The van der Waals surface area contributed by atoms with Gasteiger partial charge in [-0.1, -0.05) is 11.6 Å². The van der Waals surface area contributed by atoms with Gasteiger partial charge in [0.1, 0.15) is 5.75 Å². The van der Waals surface area contributed by atoms with E-state index in [1.807, 2.05) is 0 Å². The molecule has 2 rings (SSSR count). The summed E-state index contributed by atoms with van der Waals surface area (Å²) in [6.07, 6.45) is 1.82. The number of halogens is 1. The zero-order valence-electron chi connectivity index (χ0n) is 15.5. The molecule has 1 fully saturated rings. The quantitative estimate of drug-likeness (QED) is 0.576. The van der Waals surface area contributed by atoms with E-state index < -0.39 is 10.0 Å². The second-order valence-electron chi connectivity index (χ2n) is 6.42. The van der Waals surface area contributed by atoms with Crippen molar-refractivity contribution in [3.8, 4) is 5.75 Å². The summed E-state index contributed by atoms with van der Waals surface area (Å²) in [6.45, 7) is 2.15. The number of ether oxygens (including phenoxy) is 2. The van der Waals surface area contributed by atoms with E-state index >= 15 is 0 Å². The number of likely N-dealkylation sites (tertiary alicyclic amines) is 1. The fourth-order valence-corrected chi connectivity index (χ4v) is 4.03. The summed E-state index contributed by atoms with van der Waals surface area (Å²) in [4.78, 5) is 14.3.